The second-order valence-electron chi connectivity index (χ2n) is 5.97. The summed E-state index contributed by atoms with van der Waals surface area (Å²) in [5.74, 6) is 0.790. The Balaban J connectivity index is 1.88. The van der Waals surface area contributed by atoms with Gasteiger partial charge in [0.25, 0.3) is 0 Å². The van der Waals surface area contributed by atoms with E-state index in [2.05, 4.69) is 0 Å². The zero-order chi connectivity index (χ0) is 17.5. The molecule has 0 saturated carbocycles. The molecule has 0 fully saturated rings. The average molecular weight is 357 g/mol. The molecule has 2 heterocycles. The summed E-state index contributed by atoms with van der Waals surface area (Å²) >= 11 is 6.05. The van der Waals surface area contributed by atoms with E-state index in [1.165, 1.54) is 0 Å². The molecule has 5 rings (SSSR count). The van der Waals surface area contributed by atoms with Crippen LogP contribution in [-0.4, -0.2) is 19.5 Å². The molecule has 0 N–H and O–H groups in total. The Hall–Kier alpha value is -3.24. The lowest BCUT2D eigenvalue weighted by Crippen LogP contribution is -1.99. The van der Waals surface area contributed by atoms with Crippen LogP contribution in [0.5, 0.6) is 0 Å². The van der Waals surface area contributed by atoms with Gasteiger partial charge in [-0.15, -0.1) is 0 Å². The van der Waals surface area contributed by atoms with Gasteiger partial charge in [-0.25, -0.2) is 15.0 Å². The van der Waals surface area contributed by atoms with Crippen LogP contribution in [0.2, 0.25) is 5.02 Å². The van der Waals surface area contributed by atoms with Crippen molar-refractivity contribution in [3.05, 3.63) is 83.9 Å². The smallest absolute Gasteiger partial charge is 0.199 e. The van der Waals surface area contributed by atoms with Gasteiger partial charge in [-0.3, -0.25) is 4.57 Å². The van der Waals surface area contributed by atoms with Crippen LogP contribution in [0, 0.1) is 0 Å². The fraction of sp³-hybridized carbons (Fsp3) is 0. The van der Waals surface area contributed by atoms with Gasteiger partial charge in [0.2, 0.25) is 0 Å². The van der Waals surface area contributed by atoms with Gasteiger partial charge in [0.1, 0.15) is 5.82 Å². The number of nitrogens with zero attached hydrogens (tertiary/aromatic N) is 4. The van der Waals surface area contributed by atoms with Crippen LogP contribution < -0.4 is 0 Å². The Labute approximate surface area is 154 Å². The topological polar surface area (TPSA) is 43.6 Å². The Bertz CT molecular complexity index is 1230. The lowest BCUT2D eigenvalue weighted by Gasteiger charge is -2.09. The van der Waals surface area contributed by atoms with Gasteiger partial charge >= 0.3 is 0 Å². The van der Waals surface area contributed by atoms with Crippen LogP contribution in [0.3, 0.4) is 0 Å². The van der Waals surface area contributed by atoms with E-state index in [1.54, 1.807) is 0 Å². The fourth-order valence-corrected chi connectivity index (χ4v) is 3.20. The van der Waals surface area contributed by atoms with Crippen LogP contribution in [0.15, 0.2) is 78.9 Å². The van der Waals surface area contributed by atoms with Crippen LogP contribution in [0.25, 0.3) is 39.4 Å². The molecule has 0 unspecified atom stereocenters. The molecular weight excluding hydrogens is 344 g/mol. The van der Waals surface area contributed by atoms with E-state index in [1.807, 2.05) is 83.4 Å². The molecule has 0 aliphatic heterocycles. The average Bonchev–Trinajstić information content (AvgIpc) is 3.05. The highest BCUT2D eigenvalue weighted by atomic mass is 35.5. The number of aromatic nitrogens is 4. The maximum absolute atomic E-state index is 6.05. The Morgan fingerprint density at radius 3 is 2.04 bits per heavy atom. The SMILES string of the molecule is Clc1ccc(-c2nc3nc4ccccc4nc3n2-c2ccccc2)cc1. The van der Waals surface area contributed by atoms with Crippen molar-refractivity contribution in [3.8, 4) is 17.1 Å². The molecule has 4 nitrogen and oxygen atoms in total. The molecule has 0 spiro atoms. The zero-order valence-electron chi connectivity index (χ0n) is 13.7. The highest BCUT2D eigenvalue weighted by Crippen LogP contribution is 2.28. The molecular formula is C21H13ClN4. The summed E-state index contributed by atoms with van der Waals surface area (Å²) in [4.78, 5) is 14.3. The Morgan fingerprint density at radius 1 is 0.654 bits per heavy atom. The molecule has 2 aromatic heterocycles. The fourth-order valence-electron chi connectivity index (χ4n) is 3.07. The summed E-state index contributed by atoms with van der Waals surface area (Å²) < 4.78 is 2.04. The summed E-state index contributed by atoms with van der Waals surface area (Å²) in [6.07, 6.45) is 0. The number of hydrogen-bond acceptors (Lipinski definition) is 3. The lowest BCUT2D eigenvalue weighted by atomic mass is 10.2. The van der Waals surface area contributed by atoms with Gasteiger partial charge in [-0.05, 0) is 48.5 Å². The van der Waals surface area contributed by atoms with Crippen molar-refractivity contribution in [1.29, 1.82) is 0 Å². The van der Waals surface area contributed by atoms with Gasteiger partial charge in [-0.1, -0.05) is 41.9 Å². The summed E-state index contributed by atoms with van der Waals surface area (Å²) in [5.41, 5.74) is 4.99. The molecule has 26 heavy (non-hydrogen) atoms. The van der Waals surface area contributed by atoms with Gasteiger partial charge in [-0.2, -0.15) is 0 Å². The van der Waals surface area contributed by atoms with Crippen molar-refractivity contribution in [2.45, 2.75) is 0 Å². The van der Waals surface area contributed by atoms with Crippen molar-refractivity contribution in [3.63, 3.8) is 0 Å². The van der Waals surface area contributed by atoms with Crippen molar-refractivity contribution in [2.24, 2.45) is 0 Å². The van der Waals surface area contributed by atoms with Crippen molar-refractivity contribution in [2.75, 3.05) is 0 Å². The van der Waals surface area contributed by atoms with Gasteiger partial charge in [0, 0.05) is 16.3 Å². The monoisotopic (exact) mass is 356 g/mol. The minimum absolute atomic E-state index is 0.623. The highest BCUT2D eigenvalue weighted by Gasteiger charge is 2.17. The molecule has 0 saturated heterocycles. The van der Waals surface area contributed by atoms with E-state index in [4.69, 9.17) is 26.6 Å². The first-order valence-electron chi connectivity index (χ1n) is 8.26. The first-order chi connectivity index (χ1) is 12.8. The van der Waals surface area contributed by atoms with Crippen LogP contribution in [-0.2, 0) is 0 Å². The third-order valence-corrected chi connectivity index (χ3v) is 4.54. The molecule has 124 valence electrons. The maximum atomic E-state index is 6.05. The lowest BCUT2D eigenvalue weighted by molar-refractivity contribution is 1.08. The number of para-hydroxylation sites is 3. The minimum Gasteiger partial charge on any atom is -0.275 e. The molecule has 0 amide bonds. The Kier molecular flexibility index (Phi) is 3.43. The number of imidazole rings is 1. The second-order valence-corrected chi connectivity index (χ2v) is 6.41. The predicted molar refractivity (Wildman–Crippen MR) is 105 cm³/mol. The van der Waals surface area contributed by atoms with Crippen molar-refractivity contribution < 1.29 is 0 Å². The van der Waals surface area contributed by atoms with E-state index >= 15 is 0 Å². The molecule has 3 aromatic carbocycles. The van der Waals surface area contributed by atoms with Gasteiger partial charge < -0.3 is 0 Å². The Morgan fingerprint density at radius 2 is 1.31 bits per heavy atom. The minimum atomic E-state index is 0.623. The molecule has 0 bridgehead atoms. The third-order valence-electron chi connectivity index (χ3n) is 4.29. The summed E-state index contributed by atoms with van der Waals surface area (Å²) in [7, 11) is 0. The first kappa shape index (κ1) is 15.0. The number of rotatable bonds is 2. The molecule has 5 aromatic rings. The van der Waals surface area contributed by atoms with E-state index in [9.17, 15) is 0 Å². The standard InChI is InChI=1S/C21H13ClN4/c22-15-12-10-14(11-13-15)20-25-19-21(26(20)16-6-2-1-3-7-16)24-18-9-5-4-8-17(18)23-19/h1-13H. The molecule has 0 aliphatic rings. The maximum Gasteiger partial charge on any atom is 0.199 e. The number of halogens is 1. The molecule has 0 radical (unpaired) electrons. The quantitative estimate of drug-likeness (QED) is 0.431. The number of benzene rings is 3. The zero-order valence-corrected chi connectivity index (χ0v) is 14.4. The summed E-state index contributed by atoms with van der Waals surface area (Å²) in [5, 5.41) is 0.693. The number of fused-ring (bicyclic) bond motifs is 2. The predicted octanol–water partition coefficient (Wildman–Crippen LogP) is 5.29. The van der Waals surface area contributed by atoms with E-state index < -0.39 is 0 Å². The van der Waals surface area contributed by atoms with Gasteiger partial charge in [0.15, 0.2) is 11.3 Å². The summed E-state index contributed by atoms with van der Waals surface area (Å²) in [6.45, 7) is 0. The van der Waals surface area contributed by atoms with Crippen LogP contribution in [0.4, 0.5) is 0 Å². The van der Waals surface area contributed by atoms with Crippen molar-refractivity contribution >= 4 is 33.9 Å². The molecule has 5 heteroatoms. The van der Waals surface area contributed by atoms with E-state index in [0.717, 1.165) is 33.8 Å². The van der Waals surface area contributed by atoms with E-state index in [-0.39, 0.29) is 0 Å². The molecule has 0 aliphatic carbocycles. The molecule has 0 atom stereocenters. The highest BCUT2D eigenvalue weighted by molar-refractivity contribution is 6.30. The van der Waals surface area contributed by atoms with Crippen LogP contribution in [0.1, 0.15) is 0 Å². The second kappa shape index (κ2) is 5.93. The number of hydrogen-bond donors (Lipinski definition) is 0. The van der Waals surface area contributed by atoms with Crippen molar-refractivity contribution in [1.82, 2.24) is 19.5 Å². The van der Waals surface area contributed by atoms with E-state index in [0.29, 0.717) is 10.7 Å². The summed E-state index contributed by atoms with van der Waals surface area (Å²) in [6, 6.07) is 25.6. The van der Waals surface area contributed by atoms with Crippen LogP contribution >= 0.6 is 11.6 Å². The third kappa shape index (κ3) is 2.43. The first-order valence-corrected chi connectivity index (χ1v) is 8.64. The van der Waals surface area contributed by atoms with Gasteiger partial charge in [0.05, 0.1) is 11.0 Å². The normalized spacial score (nSPS) is 11.3. The largest absolute Gasteiger partial charge is 0.275 e.